The fraction of sp³-hybridized carbons (Fsp3) is 0.588. The van der Waals surface area contributed by atoms with Crippen molar-refractivity contribution < 1.29 is 9.59 Å². The van der Waals surface area contributed by atoms with Crippen molar-refractivity contribution in [3.05, 3.63) is 30.1 Å². The molecule has 0 unspecified atom stereocenters. The Morgan fingerprint density at radius 3 is 2.74 bits per heavy atom. The van der Waals surface area contributed by atoms with Crippen LogP contribution in [0.15, 0.2) is 24.5 Å². The summed E-state index contributed by atoms with van der Waals surface area (Å²) in [5.74, 6) is 0.0542. The van der Waals surface area contributed by atoms with E-state index < -0.39 is 5.54 Å². The van der Waals surface area contributed by atoms with Crippen molar-refractivity contribution in [2.75, 3.05) is 26.7 Å². The minimum Gasteiger partial charge on any atom is -0.323 e. The lowest BCUT2D eigenvalue weighted by Crippen LogP contribution is -2.55. The van der Waals surface area contributed by atoms with E-state index in [1.54, 1.807) is 7.05 Å². The molecule has 2 saturated heterocycles. The number of amides is 3. The number of piperidine rings is 1. The maximum absolute atomic E-state index is 12.4. The van der Waals surface area contributed by atoms with E-state index >= 15 is 0 Å². The van der Waals surface area contributed by atoms with Gasteiger partial charge in [0.15, 0.2) is 0 Å². The topological polar surface area (TPSA) is 65.5 Å². The van der Waals surface area contributed by atoms with Crippen molar-refractivity contribution in [2.24, 2.45) is 5.92 Å². The van der Waals surface area contributed by atoms with E-state index in [0.29, 0.717) is 0 Å². The molecule has 1 aromatic heterocycles. The van der Waals surface area contributed by atoms with Gasteiger partial charge in [-0.15, -0.1) is 0 Å². The van der Waals surface area contributed by atoms with Crippen molar-refractivity contribution in [3.8, 4) is 0 Å². The highest BCUT2D eigenvalue weighted by atomic mass is 16.2. The van der Waals surface area contributed by atoms with Crippen LogP contribution in [0.25, 0.3) is 0 Å². The first-order valence-corrected chi connectivity index (χ1v) is 8.22. The van der Waals surface area contributed by atoms with Gasteiger partial charge in [-0.25, -0.2) is 4.79 Å². The zero-order valence-electron chi connectivity index (χ0n) is 13.8. The Balaban J connectivity index is 1.62. The number of carbonyl (C=O) groups is 2. The summed E-state index contributed by atoms with van der Waals surface area (Å²) in [4.78, 5) is 31.9. The molecule has 3 amide bonds. The number of hydrogen-bond acceptors (Lipinski definition) is 4. The van der Waals surface area contributed by atoms with Crippen LogP contribution in [0.5, 0.6) is 0 Å². The lowest BCUT2D eigenvalue weighted by Gasteiger charge is -2.39. The predicted octanol–water partition coefficient (Wildman–Crippen LogP) is 1.28. The monoisotopic (exact) mass is 316 g/mol. The fourth-order valence-electron chi connectivity index (χ4n) is 3.64. The standard InChI is InChI=1S/C17H24N4O2/c1-17(15(22)20(2)16(23)19-17)14-4-3-10-21(12-14)11-7-13-5-8-18-9-6-13/h5-6,8-9,14H,3-4,7,10-12H2,1-2H3,(H,19,23)/t14-,17-/m0/s1. The van der Waals surface area contributed by atoms with Gasteiger partial charge in [-0.3, -0.25) is 14.7 Å². The number of likely N-dealkylation sites (N-methyl/N-ethyl adjacent to an activating group) is 1. The minimum atomic E-state index is -0.763. The van der Waals surface area contributed by atoms with Crippen LogP contribution in [0, 0.1) is 5.92 Å². The van der Waals surface area contributed by atoms with Crippen LogP contribution in [0.2, 0.25) is 0 Å². The van der Waals surface area contributed by atoms with E-state index in [-0.39, 0.29) is 17.9 Å². The zero-order valence-corrected chi connectivity index (χ0v) is 13.8. The predicted molar refractivity (Wildman–Crippen MR) is 86.8 cm³/mol. The van der Waals surface area contributed by atoms with E-state index in [0.717, 1.165) is 38.9 Å². The third kappa shape index (κ3) is 3.08. The number of likely N-dealkylation sites (tertiary alicyclic amines) is 1. The minimum absolute atomic E-state index is 0.108. The molecule has 3 rings (SSSR count). The Labute approximate surface area is 136 Å². The van der Waals surface area contributed by atoms with Crippen LogP contribution in [0.4, 0.5) is 4.79 Å². The number of hydrogen-bond donors (Lipinski definition) is 1. The molecule has 3 heterocycles. The molecular formula is C17H24N4O2. The molecule has 1 aromatic rings. The number of pyridine rings is 1. The Morgan fingerprint density at radius 1 is 1.35 bits per heavy atom. The molecule has 0 aliphatic carbocycles. The summed E-state index contributed by atoms with van der Waals surface area (Å²) in [5.41, 5.74) is 0.513. The van der Waals surface area contributed by atoms with Crippen molar-refractivity contribution in [3.63, 3.8) is 0 Å². The number of nitrogens with one attached hydrogen (secondary N) is 1. The molecule has 0 spiro atoms. The summed E-state index contributed by atoms with van der Waals surface area (Å²) in [6.45, 7) is 4.74. The van der Waals surface area contributed by atoms with Crippen LogP contribution < -0.4 is 5.32 Å². The average Bonchev–Trinajstić information content (AvgIpc) is 2.78. The van der Waals surface area contributed by atoms with Crippen LogP contribution in [-0.2, 0) is 11.2 Å². The van der Waals surface area contributed by atoms with Crippen LogP contribution >= 0.6 is 0 Å². The van der Waals surface area contributed by atoms with Crippen LogP contribution in [-0.4, -0.2) is 58.9 Å². The van der Waals surface area contributed by atoms with Gasteiger partial charge in [-0.2, -0.15) is 0 Å². The van der Waals surface area contributed by atoms with Crippen molar-refractivity contribution in [1.29, 1.82) is 0 Å². The van der Waals surface area contributed by atoms with E-state index in [4.69, 9.17) is 0 Å². The number of imide groups is 1. The third-order valence-electron chi connectivity index (χ3n) is 5.21. The summed E-state index contributed by atoms with van der Waals surface area (Å²) in [6, 6.07) is 3.79. The van der Waals surface area contributed by atoms with Crippen molar-refractivity contribution in [1.82, 2.24) is 20.1 Å². The summed E-state index contributed by atoms with van der Waals surface area (Å²) >= 11 is 0. The van der Waals surface area contributed by atoms with E-state index in [1.807, 2.05) is 31.5 Å². The van der Waals surface area contributed by atoms with Gasteiger partial charge in [0.1, 0.15) is 5.54 Å². The van der Waals surface area contributed by atoms with Crippen molar-refractivity contribution >= 4 is 11.9 Å². The molecule has 6 heteroatoms. The van der Waals surface area contributed by atoms with Gasteiger partial charge in [-0.05, 0) is 50.4 Å². The van der Waals surface area contributed by atoms with E-state index in [9.17, 15) is 9.59 Å². The molecular weight excluding hydrogens is 292 g/mol. The van der Waals surface area contributed by atoms with Gasteiger partial charge < -0.3 is 10.2 Å². The molecule has 1 N–H and O–H groups in total. The Bertz CT molecular complexity index is 592. The zero-order chi connectivity index (χ0) is 16.4. The highest BCUT2D eigenvalue weighted by molar-refractivity contribution is 6.06. The molecule has 0 bridgehead atoms. The SMILES string of the molecule is CN1C(=O)N[C@@](C)([C@H]2CCCN(CCc3ccncc3)C2)C1=O. The molecule has 0 aromatic carbocycles. The largest absolute Gasteiger partial charge is 0.324 e. The number of urea groups is 1. The van der Waals surface area contributed by atoms with Gasteiger partial charge in [0.25, 0.3) is 5.91 Å². The second-order valence-corrected chi connectivity index (χ2v) is 6.74. The summed E-state index contributed by atoms with van der Waals surface area (Å²) in [6.07, 6.45) is 6.65. The van der Waals surface area contributed by atoms with Gasteiger partial charge in [-0.1, -0.05) is 0 Å². The smallest absolute Gasteiger partial charge is 0.323 e. The molecule has 2 aliphatic heterocycles. The second-order valence-electron chi connectivity index (χ2n) is 6.74. The molecule has 6 nitrogen and oxygen atoms in total. The first kappa shape index (κ1) is 15.9. The average molecular weight is 316 g/mol. The quantitative estimate of drug-likeness (QED) is 0.850. The molecule has 0 saturated carbocycles. The first-order chi connectivity index (χ1) is 11.0. The van der Waals surface area contributed by atoms with Crippen LogP contribution in [0.3, 0.4) is 0 Å². The summed E-state index contributed by atoms with van der Waals surface area (Å²) < 4.78 is 0. The maximum atomic E-state index is 12.4. The number of aromatic nitrogens is 1. The Kier molecular flexibility index (Phi) is 4.35. The molecule has 0 radical (unpaired) electrons. The van der Waals surface area contributed by atoms with Gasteiger partial charge in [0, 0.05) is 38.4 Å². The van der Waals surface area contributed by atoms with Gasteiger partial charge in [0.2, 0.25) is 0 Å². The lowest BCUT2D eigenvalue weighted by molar-refractivity contribution is -0.132. The number of nitrogens with zero attached hydrogens (tertiary/aromatic N) is 3. The molecule has 2 aliphatic rings. The molecule has 23 heavy (non-hydrogen) atoms. The summed E-state index contributed by atoms with van der Waals surface area (Å²) in [5, 5.41) is 2.90. The number of carbonyl (C=O) groups excluding carboxylic acids is 2. The highest BCUT2D eigenvalue weighted by Gasteiger charge is 2.51. The van der Waals surface area contributed by atoms with E-state index in [1.165, 1.54) is 10.5 Å². The Hall–Kier alpha value is -1.95. The third-order valence-corrected chi connectivity index (χ3v) is 5.21. The van der Waals surface area contributed by atoms with E-state index in [2.05, 4.69) is 15.2 Å². The molecule has 2 fully saturated rings. The fourth-order valence-corrected chi connectivity index (χ4v) is 3.64. The Morgan fingerprint density at radius 2 is 2.09 bits per heavy atom. The van der Waals surface area contributed by atoms with Crippen LogP contribution in [0.1, 0.15) is 25.3 Å². The lowest BCUT2D eigenvalue weighted by atomic mass is 9.80. The van der Waals surface area contributed by atoms with Gasteiger partial charge in [0.05, 0.1) is 0 Å². The highest BCUT2D eigenvalue weighted by Crippen LogP contribution is 2.32. The second kappa shape index (κ2) is 6.28. The summed E-state index contributed by atoms with van der Waals surface area (Å²) in [7, 11) is 1.55. The number of rotatable bonds is 4. The maximum Gasteiger partial charge on any atom is 0.324 e. The normalized spacial score (nSPS) is 29.0. The molecule has 124 valence electrons. The molecule has 2 atom stereocenters. The van der Waals surface area contributed by atoms with Crippen molar-refractivity contribution in [2.45, 2.75) is 31.7 Å². The first-order valence-electron chi connectivity index (χ1n) is 8.22. The van der Waals surface area contributed by atoms with Gasteiger partial charge >= 0.3 is 6.03 Å².